The molecule has 0 radical (unpaired) electrons. The maximum absolute atomic E-state index is 13.1. The molecule has 0 aliphatic heterocycles. The zero-order valence-electron chi connectivity index (χ0n) is 17.6. The summed E-state index contributed by atoms with van der Waals surface area (Å²) in [7, 11) is 1.43. The summed E-state index contributed by atoms with van der Waals surface area (Å²) in [6.07, 6.45) is 1.64. The Hall–Kier alpha value is -3.00. The van der Waals surface area contributed by atoms with Crippen molar-refractivity contribution in [1.29, 1.82) is 0 Å². The van der Waals surface area contributed by atoms with Crippen molar-refractivity contribution in [3.63, 3.8) is 0 Å². The lowest BCUT2D eigenvalue weighted by Crippen LogP contribution is -2.40. The van der Waals surface area contributed by atoms with Crippen LogP contribution in [0.1, 0.15) is 60.5 Å². The Morgan fingerprint density at radius 1 is 1.20 bits per heavy atom. The van der Waals surface area contributed by atoms with Gasteiger partial charge in [-0.25, -0.2) is 9.78 Å². The number of anilines is 1. The first-order chi connectivity index (χ1) is 14.3. The molecular weight excluding hydrogens is 400 g/mol. The SMILES string of the molecule is CCCCn1c(N)c(-c2nc(C(C)C)c(C(=O)c3ccccc3)s2)c(=O)n(C)c1=O. The first-order valence-corrected chi connectivity index (χ1v) is 10.8. The number of hydrogen-bond donors (Lipinski definition) is 1. The van der Waals surface area contributed by atoms with Gasteiger partial charge in [0.1, 0.15) is 16.4 Å². The number of nitrogen functional groups attached to an aromatic ring is 1. The van der Waals surface area contributed by atoms with Gasteiger partial charge in [0.15, 0.2) is 0 Å². The van der Waals surface area contributed by atoms with E-state index in [-0.39, 0.29) is 23.1 Å². The fourth-order valence-electron chi connectivity index (χ4n) is 3.23. The van der Waals surface area contributed by atoms with Gasteiger partial charge in [-0.2, -0.15) is 0 Å². The number of benzene rings is 1. The average molecular weight is 427 g/mol. The molecule has 2 aromatic heterocycles. The zero-order chi connectivity index (χ0) is 22.0. The van der Waals surface area contributed by atoms with E-state index in [2.05, 4.69) is 4.98 Å². The maximum Gasteiger partial charge on any atom is 0.332 e. The number of hydrogen-bond acceptors (Lipinski definition) is 6. The number of unbranched alkanes of at least 4 members (excludes halogenated alkanes) is 1. The molecule has 0 saturated heterocycles. The fraction of sp³-hybridized carbons (Fsp3) is 0.364. The highest BCUT2D eigenvalue weighted by Crippen LogP contribution is 2.34. The number of carbonyl (C=O) groups is 1. The molecular formula is C22H26N4O3S. The van der Waals surface area contributed by atoms with Crippen LogP contribution >= 0.6 is 11.3 Å². The normalized spacial score (nSPS) is 11.2. The minimum Gasteiger partial charge on any atom is -0.384 e. The van der Waals surface area contributed by atoms with Gasteiger partial charge in [0.2, 0.25) is 5.78 Å². The van der Waals surface area contributed by atoms with Crippen LogP contribution in [-0.4, -0.2) is 19.9 Å². The van der Waals surface area contributed by atoms with Crippen LogP contribution in [0.2, 0.25) is 0 Å². The molecule has 0 unspecified atom stereocenters. The van der Waals surface area contributed by atoms with Gasteiger partial charge in [0, 0.05) is 19.2 Å². The van der Waals surface area contributed by atoms with Gasteiger partial charge in [0.05, 0.1) is 10.6 Å². The molecule has 7 nitrogen and oxygen atoms in total. The Bertz CT molecular complexity index is 1190. The van der Waals surface area contributed by atoms with Crippen molar-refractivity contribution in [2.24, 2.45) is 7.05 Å². The Morgan fingerprint density at radius 3 is 2.47 bits per heavy atom. The second-order valence-corrected chi connectivity index (χ2v) is 8.49. The molecule has 158 valence electrons. The smallest absolute Gasteiger partial charge is 0.332 e. The minimum absolute atomic E-state index is 0.0197. The summed E-state index contributed by atoms with van der Waals surface area (Å²) in [4.78, 5) is 43.7. The molecule has 2 N–H and O–H groups in total. The number of ketones is 1. The lowest BCUT2D eigenvalue weighted by Gasteiger charge is -2.13. The lowest BCUT2D eigenvalue weighted by molar-refractivity contribution is 0.104. The van der Waals surface area contributed by atoms with E-state index in [1.54, 1.807) is 12.1 Å². The highest BCUT2D eigenvalue weighted by atomic mass is 32.1. The van der Waals surface area contributed by atoms with Crippen molar-refractivity contribution < 1.29 is 4.79 Å². The summed E-state index contributed by atoms with van der Waals surface area (Å²) in [5, 5.41) is 0.362. The molecule has 0 spiro atoms. The first kappa shape index (κ1) is 21.7. The molecule has 8 heteroatoms. The molecule has 3 rings (SSSR count). The van der Waals surface area contributed by atoms with Crippen LogP contribution in [-0.2, 0) is 13.6 Å². The van der Waals surface area contributed by atoms with Crippen LogP contribution in [0.5, 0.6) is 0 Å². The Morgan fingerprint density at radius 2 is 1.87 bits per heavy atom. The number of carbonyl (C=O) groups excluding carboxylic acids is 1. The van der Waals surface area contributed by atoms with E-state index in [1.807, 2.05) is 39.0 Å². The summed E-state index contributed by atoms with van der Waals surface area (Å²) < 4.78 is 2.46. The van der Waals surface area contributed by atoms with Crippen molar-refractivity contribution in [3.8, 4) is 10.6 Å². The van der Waals surface area contributed by atoms with E-state index in [0.29, 0.717) is 27.7 Å². The molecule has 0 amide bonds. The van der Waals surface area contributed by atoms with Crippen molar-refractivity contribution in [2.75, 3.05) is 5.73 Å². The zero-order valence-corrected chi connectivity index (χ0v) is 18.5. The van der Waals surface area contributed by atoms with Crippen LogP contribution in [0.15, 0.2) is 39.9 Å². The van der Waals surface area contributed by atoms with Crippen LogP contribution < -0.4 is 17.0 Å². The van der Waals surface area contributed by atoms with Gasteiger partial charge >= 0.3 is 5.69 Å². The standard InChI is InChI=1S/C22H26N4O3S/c1-5-6-12-26-19(23)15(21(28)25(4)22(26)29)20-24-16(13(2)3)18(30-20)17(27)14-10-8-7-9-11-14/h7-11,13H,5-6,12,23H2,1-4H3. The predicted molar refractivity (Wildman–Crippen MR) is 120 cm³/mol. The second kappa shape index (κ2) is 8.79. The Balaban J connectivity index is 2.22. The van der Waals surface area contributed by atoms with Gasteiger partial charge in [-0.1, -0.05) is 57.5 Å². The van der Waals surface area contributed by atoms with E-state index < -0.39 is 11.2 Å². The van der Waals surface area contributed by atoms with Crippen LogP contribution in [0, 0.1) is 0 Å². The highest BCUT2D eigenvalue weighted by Gasteiger charge is 2.26. The Kier molecular flexibility index (Phi) is 6.36. The average Bonchev–Trinajstić information content (AvgIpc) is 3.17. The summed E-state index contributed by atoms with van der Waals surface area (Å²) in [5.41, 5.74) is 6.68. The van der Waals surface area contributed by atoms with Crippen molar-refractivity contribution >= 4 is 22.9 Å². The minimum atomic E-state index is -0.506. The maximum atomic E-state index is 13.1. The molecule has 0 saturated carbocycles. The molecule has 0 aliphatic carbocycles. The third-order valence-corrected chi connectivity index (χ3v) is 6.06. The second-order valence-electron chi connectivity index (χ2n) is 7.50. The van der Waals surface area contributed by atoms with E-state index in [1.165, 1.54) is 11.6 Å². The topological polar surface area (TPSA) is 100.0 Å². The highest BCUT2D eigenvalue weighted by molar-refractivity contribution is 7.17. The van der Waals surface area contributed by atoms with Crippen LogP contribution in [0.4, 0.5) is 5.82 Å². The summed E-state index contributed by atoms with van der Waals surface area (Å²) >= 11 is 1.15. The molecule has 3 aromatic rings. The van der Waals surface area contributed by atoms with Gasteiger partial charge in [-0.05, 0) is 12.3 Å². The number of nitrogens with zero attached hydrogens (tertiary/aromatic N) is 3. The number of thiazole rings is 1. The van der Waals surface area contributed by atoms with Crippen LogP contribution in [0.25, 0.3) is 10.6 Å². The predicted octanol–water partition coefficient (Wildman–Crippen LogP) is 3.41. The number of aromatic nitrogens is 3. The Labute approximate surface area is 178 Å². The third kappa shape index (κ3) is 3.87. The van der Waals surface area contributed by atoms with E-state index in [4.69, 9.17) is 5.73 Å². The molecule has 0 aliphatic rings. The van der Waals surface area contributed by atoms with Crippen LogP contribution in [0.3, 0.4) is 0 Å². The number of nitrogens with two attached hydrogens (primary N) is 1. The van der Waals surface area contributed by atoms with E-state index in [0.717, 1.165) is 28.7 Å². The third-order valence-electron chi connectivity index (χ3n) is 4.97. The molecule has 0 atom stereocenters. The summed E-state index contributed by atoms with van der Waals surface area (Å²) in [6.45, 7) is 6.33. The fourth-order valence-corrected chi connectivity index (χ4v) is 4.46. The first-order valence-electron chi connectivity index (χ1n) is 9.98. The molecule has 30 heavy (non-hydrogen) atoms. The van der Waals surface area contributed by atoms with Crippen molar-refractivity contribution in [2.45, 2.75) is 46.1 Å². The summed E-state index contributed by atoms with van der Waals surface area (Å²) in [5.74, 6) is -0.0641. The molecule has 2 heterocycles. The van der Waals surface area contributed by atoms with Gasteiger partial charge in [0.25, 0.3) is 5.56 Å². The van der Waals surface area contributed by atoms with Crippen molar-refractivity contribution in [3.05, 3.63) is 67.3 Å². The van der Waals surface area contributed by atoms with E-state index in [9.17, 15) is 14.4 Å². The number of rotatable bonds is 7. The molecule has 1 aromatic carbocycles. The van der Waals surface area contributed by atoms with Crippen molar-refractivity contribution in [1.82, 2.24) is 14.1 Å². The van der Waals surface area contributed by atoms with E-state index >= 15 is 0 Å². The lowest BCUT2D eigenvalue weighted by atomic mass is 10.0. The largest absolute Gasteiger partial charge is 0.384 e. The van der Waals surface area contributed by atoms with Gasteiger partial charge in [-0.3, -0.25) is 18.7 Å². The summed E-state index contributed by atoms with van der Waals surface area (Å²) in [6, 6.07) is 8.97. The monoisotopic (exact) mass is 426 g/mol. The van der Waals surface area contributed by atoms with Gasteiger partial charge in [-0.15, -0.1) is 11.3 Å². The molecule has 0 fully saturated rings. The van der Waals surface area contributed by atoms with Gasteiger partial charge < -0.3 is 5.73 Å². The molecule has 0 bridgehead atoms. The quantitative estimate of drug-likeness (QED) is 0.584.